The summed E-state index contributed by atoms with van der Waals surface area (Å²) in [5.74, 6) is 10.9. The van der Waals surface area contributed by atoms with E-state index in [0.29, 0.717) is 10.0 Å². The summed E-state index contributed by atoms with van der Waals surface area (Å²) < 4.78 is 0. The number of hydrogen-bond acceptors (Lipinski definition) is 5. The van der Waals surface area contributed by atoms with Crippen molar-refractivity contribution in [2.75, 3.05) is 10.0 Å². The van der Waals surface area contributed by atoms with Crippen molar-refractivity contribution in [2.45, 2.75) is 13.0 Å². The van der Waals surface area contributed by atoms with Gasteiger partial charge in [0.2, 0.25) is 0 Å². The number of urea groups is 2. The van der Waals surface area contributed by atoms with Crippen LogP contribution >= 0.6 is 0 Å². The van der Waals surface area contributed by atoms with Gasteiger partial charge in [-0.1, -0.05) is 0 Å². The Morgan fingerprint density at radius 1 is 1.16 bits per heavy atom. The summed E-state index contributed by atoms with van der Waals surface area (Å²) in [5, 5.41) is 11.0. The van der Waals surface area contributed by atoms with E-state index >= 15 is 0 Å². The van der Waals surface area contributed by atoms with Gasteiger partial charge in [0.15, 0.2) is 0 Å². The van der Waals surface area contributed by atoms with E-state index in [9.17, 15) is 14.7 Å². The van der Waals surface area contributed by atoms with Crippen LogP contribution in [0.3, 0.4) is 0 Å². The minimum absolute atomic E-state index is 0.198. The minimum atomic E-state index is -0.957. The van der Waals surface area contributed by atoms with E-state index in [1.807, 2.05) is 0 Å². The Bertz CT molecular complexity index is 504. The molecule has 0 aliphatic rings. The molecule has 0 heterocycles. The molecule has 0 fully saturated rings. The van der Waals surface area contributed by atoms with Gasteiger partial charge < -0.3 is 16.6 Å². The van der Waals surface area contributed by atoms with Crippen LogP contribution in [0.4, 0.5) is 21.0 Å². The van der Waals surface area contributed by atoms with Gasteiger partial charge in [-0.25, -0.2) is 31.3 Å². The average molecular weight is 268 g/mol. The first kappa shape index (κ1) is 14.7. The highest BCUT2D eigenvalue weighted by Crippen LogP contribution is 2.29. The normalized spacial score (nSPS) is 11.8. The number of hydrogen-bond donors (Lipinski definition) is 5. The molecule has 19 heavy (non-hydrogen) atoms. The van der Waals surface area contributed by atoms with Gasteiger partial charge in [0.1, 0.15) is 0 Å². The zero-order valence-electron chi connectivity index (χ0n) is 10.3. The Kier molecular flexibility index (Phi) is 4.27. The topological polar surface area (TPSA) is 165 Å². The largest absolute Gasteiger partial charge is 0.389 e. The third kappa shape index (κ3) is 3.10. The van der Waals surface area contributed by atoms with E-state index in [2.05, 4.69) is 0 Å². The molecule has 1 atom stereocenters. The van der Waals surface area contributed by atoms with Crippen LogP contribution < -0.4 is 33.2 Å². The number of carbonyl (C=O) groups excluding carboxylic acids is 2. The second kappa shape index (κ2) is 5.52. The maximum atomic E-state index is 11.0. The van der Waals surface area contributed by atoms with E-state index in [0.717, 1.165) is 0 Å². The van der Waals surface area contributed by atoms with Gasteiger partial charge in [0, 0.05) is 5.56 Å². The number of carbonyl (C=O) groups is 2. The summed E-state index contributed by atoms with van der Waals surface area (Å²) in [6.45, 7) is 1.46. The van der Waals surface area contributed by atoms with Crippen molar-refractivity contribution in [1.29, 1.82) is 0 Å². The quantitative estimate of drug-likeness (QED) is 0.276. The Morgan fingerprint density at radius 3 is 2.11 bits per heavy atom. The third-order valence-electron chi connectivity index (χ3n) is 2.47. The second-order valence-electron chi connectivity index (χ2n) is 3.84. The number of nitrogens with zero attached hydrogens (tertiary/aromatic N) is 2. The van der Waals surface area contributed by atoms with Crippen LogP contribution in [0.15, 0.2) is 18.2 Å². The summed E-state index contributed by atoms with van der Waals surface area (Å²) >= 11 is 0. The molecule has 1 aromatic rings. The van der Waals surface area contributed by atoms with Gasteiger partial charge in [0.05, 0.1) is 17.5 Å². The van der Waals surface area contributed by atoms with E-state index in [-0.39, 0.29) is 16.9 Å². The SMILES string of the molecule is CC(O)c1cc(N(N)C(N)=O)ccc1N(N)C(N)=O. The summed E-state index contributed by atoms with van der Waals surface area (Å²) in [4.78, 5) is 22.0. The second-order valence-corrected chi connectivity index (χ2v) is 3.84. The van der Waals surface area contributed by atoms with Crippen molar-refractivity contribution in [3.05, 3.63) is 23.8 Å². The lowest BCUT2D eigenvalue weighted by atomic mass is 10.1. The van der Waals surface area contributed by atoms with Gasteiger partial charge in [-0.15, -0.1) is 0 Å². The molecule has 1 unspecified atom stereocenters. The van der Waals surface area contributed by atoms with Gasteiger partial charge >= 0.3 is 12.1 Å². The molecule has 0 aliphatic heterocycles. The fourth-order valence-corrected chi connectivity index (χ4v) is 1.49. The molecular formula is C10H16N6O3. The Labute approximate surface area is 109 Å². The highest BCUT2D eigenvalue weighted by molar-refractivity contribution is 5.92. The molecule has 1 aromatic carbocycles. The Hall–Kier alpha value is -2.36. The van der Waals surface area contributed by atoms with Crippen molar-refractivity contribution in [3.8, 4) is 0 Å². The number of primary amides is 2. The first-order chi connectivity index (χ1) is 8.75. The lowest BCUT2D eigenvalue weighted by Gasteiger charge is -2.22. The maximum absolute atomic E-state index is 11.0. The van der Waals surface area contributed by atoms with Gasteiger partial charge in [-0.05, 0) is 25.1 Å². The number of nitrogens with two attached hydrogens (primary N) is 4. The number of anilines is 2. The van der Waals surface area contributed by atoms with Gasteiger partial charge in [0.25, 0.3) is 0 Å². The monoisotopic (exact) mass is 268 g/mol. The van der Waals surface area contributed by atoms with Gasteiger partial charge in [-0.3, -0.25) is 0 Å². The maximum Gasteiger partial charge on any atom is 0.333 e. The average Bonchev–Trinajstić information content (AvgIpc) is 2.35. The fourth-order valence-electron chi connectivity index (χ4n) is 1.49. The van der Waals surface area contributed by atoms with Crippen LogP contribution in [-0.4, -0.2) is 17.2 Å². The summed E-state index contributed by atoms with van der Waals surface area (Å²) in [5.41, 5.74) is 10.8. The summed E-state index contributed by atoms with van der Waals surface area (Å²) in [6.07, 6.45) is -0.957. The first-order valence-electron chi connectivity index (χ1n) is 5.26. The molecule has 9 heteroatoms. The molecule has 0 aromatic heterocycles. The van der Waals surface area contributed by atoms with Crippen LogP contribution in [0.25, 0.3) is 0 Å². The first-order valence-corrected chi connectivity index (χ1v) is 5.26. The number of rotatable bonds is 3. The number of hydrazine groups is 2. The molecule has 104 valence electrons. The molecule has 0 bridgehead atoms. The van der Waals surface area contributed by atoms with E-state index in [4.69, 9.17) is 23.2 Å². The molecule has 0 saturated carbocycles. The summed E-state index contributed by atoms with van der Waals surface area (Å²) in [6, 6.07) is 2.42. The zero-order chi connectivity index (χ0) is 14.7. The number of aliphatic hydroxyl groups is 1. The molecule has 4 amide bonds. The third-order valence-corrected chi connectivity index (χ3v) is 2.47. The van der Waals surface area contributed by atoms with E-state index in [1.165, 1.54) is 25.1 Å². The van der Waals surface area contributed by atoms with Crippen molar-refractivity contribution < 1.29 is 14.7 Å². The smallest absolute Gasteiger partial charge is 0.333 e. The van der Waals surface area contributed by atoms with E-state index in [1.54, 1.807) is 0 Å². The highest BCUT2D eigenvalue weighted by atomic mass is 16.3. The highest BCUT2D eigenvalue weighted by Gasteiger charge is 2.18. The zero-order valence-corrected chi connectivity index (χ0v) is 10.3. The molecule has 1 rings (SSSR count). The predicted octanol–water partition coefficient (Wildman–Crippen LogP) is -0.743. The lowest BCUT2D eigenvalue weighted by molar-refractivity contribution is 0.199. The Morgan fingerprint density at radius 2 is 1.68 bits per heavy atom. The van der Waals surface area contributed by atoms with Crippen molar-refractivity contribution in [1.82, 2.24) is 0 Å². The Balaban J connectivity index is 3.30. The minimum Gasteiger partial charge on any atom is -0.389 e. The van der Waals surface area contributed by atoms with Crippen LogP contribution in [-0.2, 0) is 0 Å². The molecule has 9 nitrogen and oxygen atoms in total. The molecule has 0 aliphatic carbocycles. The molecule has 0 spiro atoms. The lowest BCUT2D eigenvalue weighted by Crippen LogP contribution is -2.43. The summed E-state index contributed by atoms with van der Waals surface area (Å²) in [7, 11) is 0. The number of aliphatic hydroxyl groups excluding tert-OH is 1. The van der Waals surface area contributed by atoms with Crippen molar-refractivity contribution in [2.24, 2.45) is 23.2 Å². The van der Waals surface area contributed by atoms with Crippen LogP contribution in [0, 0.1) is 0 Å². The molecular weight excluding hydrogens is 252 g/mol. The van der Waals surface area contributed by atoms with Crippen LogP contribution in [0.5, 0.6) is 0 Å². The van der Waals surface area contributed by atoms with Crippen molar-refractivity contribution in [3.63, 3.8) is 0 Å². The fraction of sp³-hybridized carbons (Fsp3) is 0.200. The number of amides is 4. The molecule has 0 radical (unpaired) electrons. The van der Waals surface area contributed by atoms with Gasteiger partial charge in [-0.2, -0.15) is 0 Å². The van der Waals surface area contributed by atoms with Crippen LogP contribution in [0.2, 0.25) is 0 Å². The molecule has 9 N–H and O–H groups in total. The van der Waals surface area contributed by atoms with Crippen molar-refractivity contribution >= 4 is 23.4 Å². The predicted molar refractivity (Wildman–Crippen MR) is 69.6 cm³/mol. The molecule has 0 saturated heterocycles. The standard InChI is InChI=1S/C10H16N6O3/c1-5(17)7-4-6(15(13)9(11)18)2-3-8(7)16(14)10(12)19/h2-5,17H,13-14H2,1H3,(H2,11,18)(H2,12,19). The number of benzene rings is 1. The van der Waals surface area contributed by atoms with Crippen LogP contribution in [0.1, 0.15) is 18.6 Å². The van der Waals surface area contributed by atoms with E-state index < -0.39 is 18.2 Å².